The van der Waals surface area contributed by atoms with E-state index in [0.29, 0.717) is 67.5 Å². The van der Waals surface area contributed by atoms with E-state index < -0.39 is 0 Å². The van der Waals surface area contributed by atoms with Crippen molar-refractivity contribution in [2.45, 2.75) is 177 Å². The van der Waals surface area contributed by atoms with E-state index >= 15 is 0 Å². The number of carbonyl (C=O) groups is 6. The lowest BCUT2D eigenvalue weighted by atomic mass is 9.90. The minimum absolute atomic E-state index is 0.195. The number of unbranched alkanes of at least 4 members (excludes halogenated alkanes) is 3. The molecule has 0 spiro atoms. The Morgan fingerprint density at radius 2 is 0.385 bits per heavy atom. The van der Waals surface area contributed by atoms with Gasteiger partial charge >= 0.3 is 35.8 Å². The first-order valence-corrected chi connectivity index (χ1v) is 42.7. The topological polar surface area (TPSA) is 158 Å². The maximum absolute atomic E-state index is 12.4. The molecule has 6 rings (SSSR count). The number of ether oxygens (including phenoxy) is 6. The minimum atomic E-state index is -0.246. The Balaban J connectivity index is -0.000000236. The largest absolute Gasteiger partial charge is 0.456 e. The molecule has 6 aromatic rings. The molecule has 0 saturated heterocycles. The summed E-state index contributed by atoms with van der Waals surface area (Å²) in [7, 11) is 37.3. The van der Waals surface area contributed by atoms with Crippen LogP contribution in [-0.2, 0) is 28.4 Å². The molecule has 117 heavy (non-hydrogen) atoms. The van der Waals surface area contributed by atoms with Gasteiger partial charge in [0.05, 0.1) is 160 Å². The van der Waals surface area contributed by atoms with Gasteiger partial charge in [-0.3, -0.25) is 0 Å². The number of carbonyl (C=O) groups excluding carboxylic acids is 6. The molecule has 0 radical (unpaired) electrons. The van der Waals surface area contributed by atoms with Crippen molar-refractivity contribution in [1.29, 1.82) is 0 Å². The second-order valence-corrected chi connectivity index (χ2v) is 34.0. The SMILES string of the molecule is CC.CC.CC.CC(C)C.CCC.CCCC.CCCCC.C[N+](C)(C)CCOC(=O)c1ccccc1.C[N+](C)(C)CCOC(=O)c1ccccc1.C[N+](C)(C)CCOC(=O)c1ccccc1.C[N+](C)(C)CCOC(=O)c1ccccc1.C[N+](C)(C)CCOC(=O)c1ccccc1.Cc1c(C)c(C)c(C(=O)OCC[N+](C)(C)C)c(C)c1C. The van der Waals surface area contributed by atoms with Crippen molar-refractivity contribution in [2.75, 3.05) is 206 Å². The van der Waals surface area contributed by atoms with Gasteiger partial charge < -0.3 is 55.3 Å². The van der Waals surface area contributed by atoms with Crippen molar-refractivity contribution in [1.82, 2.24) is 0 Å². The Labute approximate surface area is 717 Å². The maximum Gasteiger partial charge on any atom is 0.338 e. The first-order chi connectivity index (χ1) is 54.5. The summed E-state index contributed by atoms with van der Waals surface area (Å²) in [6.07, 6.45) is 7.97. The molecule has 0 aliphatic carbocycles. The maximum atomic E-state index is 12.4. The number of esters is 6. The van der Waals surface area contributed by atoms with Crippen molar-refractivity contribution < 1.29 is 84.1 Å². The van der Waals surface area contributed by atoms with E-state index in [9.17, 15) is 28.8 Å². The van der Waals surface area contributed by atoms with Gasteiger partial charge in [0.1, 0.15) is 78.9 Å². The van der Waals surface area contributed by atoms with Crippen LogP contribution in [0.25, 0.3) is 0 Å². The fourth-order valence-electron chi connectivity index (χ4n) is 7.99. The van der Waals surface area contributed by atoms with Crippen LogP contribution >= 0.6 is 0 Å². The van der Waals surface area contributed by atoms with E-state index in [0.717, 1.165) is 88.8 Å². The fraction of sp³-hybridized carbons (Fsp3) is 0.576. The molecule has 0 aliphatic heterocycles. The zero-order chi connectivity index (χ0) is 92.0. The number of likely N-dealkylation sites (N-methyl/N-ethyl adjacent to an activating group) is 6. The van der Waals surface area contributed by atoms with E-state index in [1.807, 2.05) is 146 Å². The number of hydrogen-bond donors (Lipinski definition) is 0. The summed E-state index contributed by atoms with van der Waals surface area (Å²) in [4.78, 5) is 69.9. The van der Waals surface area contributed by atoms with Gasteiger partial charge in [-0.25, -0.2) is 28.8 Å². The zero-order valence-corrected chi connectivity index (χ0v) is 81.8. The van der Waals surface area contributed by atoms with Crippen LogP contribution < -0.4 is 0 Å². The quantitative estimate of drug-likeness (QED) is 0.0273. The Morgan fingerprint density at radius 1 is 0.248 bits per heavy atom. The third-order valence-electron chi connectivity index (χ3n) is 15.4. The second-order valence-electron chi connectivity index (χ2n) is 34.0. The predicted octanol–water partition coefficient (Wildman–Crippen LogP) is 21.0. The van der Waals surface area contributed by atoms with Crippen LogP contribution in [-0.4, -0.2) is 268 Å². The van der Waals surface area contributed by atoms with Gasteiger partial charge in [-0.05, 0) is 129 Å². The molecule has 0 heterocycles. The lowest BCUT2D eigenvalue weighted by molar-refractivity contribution is -0.870. The molecule has 0 fully saturated rings. The second kappa shape index (κ2) is 72.0. The molecule has 0 amide bonds. The first kappa shape index (κ1) is 122. The fourth-order valence-corrected chi connectivity index (χ4v) is 7.99. The summed E-state index contributed by atoms with van der Waals surface area (Å²) in [5.41, 5.74) is 9.52. The van der Waals surface area contributed by atoms with Gasteiger partial charge in [0, 0.05) is 0 Å². The Kier molecular flexibility index (Phi) is 75.1. The van der Waals surface area contributed by atoms with Crippen molar-refractivity contribution >= 4 is 35.8 Å². The van der Waals surface area contributed by atoms with Crippen LogP contribution in [0.5, 0.6) is 0 Å². The highest BCUT2D eigenvalue weighted by molar-refractivity contribution is 5.94. The molecular weight excluding hydrogens is 1470 g/mol. The standard InChI is InChI=1S/C17H28NO2.5C12H18NO2.C5H12.2C4H10.C3H8.3C2H6/c1-11-12(2)14(4)16(15(5)13(11)3)17(19)20-10-9-18(6,7)8;5*1-13(2,3)9-10-15-12(14)11-7-5-4-6-8-11;1-3-5-4-2;1-4(2)3;1-3-4-2;1-3-2;3*1-2/h9-10H2,1-8H3;5*4-8H,9-10H2,1-3H3;3-5H2,1-2H3;4H,1-3H3;3-4H2,1-2H3;3H2,1-2H3;3*1-2H3/q6*+1;;;;;;;. The predicted molar refractivity (Wildman–Crippen MR) is 498 cm³/mol. The van der Waals surface area contributed by atoms with Crippen LogP contribution in [0.4, 0.5) is 0 Å². The monoisotopic (exact) mass is 1640 g/mol. The molecule has 18 heteroatoms. The van der Waals surface area contributed by atoms with Gasteiger partial charge in [-0.2, -0.15) is 0 Å². The third kappa shape index (κ3) is 77.6. The Morgan fingerprint density at radius 3 is 0.504 bits per heavy atom. The molecule has 6 aromatic carbocycles. The molecule has 0 aromatic heterocycles. The van der Waals surface area contributed by atoms with E-state index in [1.165, 1.54) is 55.2 Å². The highest BCUT2D eigenvalue weighted by Gasteiger charge is 2.21. The highest BCUT2D eigenvalue weighted by Crippen LogP contribution is 2.27. The van der Waals surface area contributed by atoms with E-state index in [1.54, 1.807) is 60.7 Å². The molecule has 0 saturated carbocycles. The molecule has 668 valence electrons. The minimum Gasteiger partial charge on any atom is -0.456 e. The Bertz CT molecular complexity index is 2960. The number of hydrogen-bond acceptors (Lipinski definition) is 12. The smallest absolute Gasteiger partial charge is 0.338 e. The van der Waals surface area contributed by atoms with Gasteiger partial charge in [-0.1, -0.05) is 233 Å². The first-order valence-electron chi connectivity index (χ1n) is 42.7. The Hall–Kier alpha value is -8.10. The third-order valence-corrected chi connectivity index (χ3v) is 15.4. The molecule has 0 bridgehead atoms. The number of rotatable bonds is 27. The van der Waals surface area contributed by atoms with Crippen molar-refractivity contribution in [3.63, 3.8) is 0 Å². The van der Waals surface area contributed by atoms with Crippen LogP contribution in [0.15, 0.2) is 152 Å². The average Bonchev–Trinajstić information content (AvgIpc) is 0.788. The summed E-state index contributed by atoms with van der Waals surface area (Å²) in [5, 5.41) is 0. The summed E-state index contributed by atoms with van der Waals surface area (Å²) in [6, 6.07) is 45.3. The number of quaternary nitrogens is 6. The summed E-state index contributed by atoms with van der Waals surface area (Å²) in [6.45, 7) is 49.4. The van der Waals surface area contributed by atoms with Crippen LogP contribution in [0.3, 0.4) is 0 Å². The molecule has 0 aliphatic rings. The van der Waals surface area contributed by atoms with E-state index in [-0.39, 0.29) is 35.8 Å². The van der Waals surface area contributed by atoms with Gasteiger partial charge in [0.25, 0.3) is 0 Å². The normalized spacial score (nSPS) is 10.4. The van der Waals surface area contributed by atoms with Crippen LogP contribution in [0.1, 0.15) is 232 Å². The van der Waals surface area contributed by atoms with Gasteiger partial charge in [0.15, 0.2) is 0 Å². The lowest BCUT2D eigenvalue weighted by Crippen LogP contribution is -2.38. The lowest BCUT2D eigenvalue weighted by Gasteiger charge is -2.24. The molecule has 0 unspecified atom stereocenters. The number of benzene rings is 6. The average molecular weight is 1640 g/mol. The van der Waals surface area contributed by atoms with Gasteiger partial charge in [0.2, 0.25) is 0 Å². The molecule has 0 N–H and O–H groups in total. The van der Waals surface area contributed by atoms with Crippen molar-refractivity contribution in [3.8, 4) is 0 Å². The van der Waals surface area contributed by atoms with Crippen LogP contribution in [0, 0.1) is 40.5 Å². The van der Waals surface area contributed by atoms with Crippen molar-refractivity contribution in [3.05, 3.63) is 213 Å². The van der Waals surface area contributed by atoms with E-state index in [2.05, 4.69) is 210 Å². The van der Waals surface area contributed by atoms with Crippen LogP contribution in [0.2, 0.25) is 0 Å². The molecular formula is C99H176N6O12+6. The summed E-state index contributed by atoms with van der Waals surface area (Å²) in [5.74, 6) is -0.593. The summed E-state index contributed by atoms with van der Waals surface area (Å²) < 4.78 is 36.0. The zero-order valence-electron chi connectivity index (χ0n) is 81.8. The molecule has 0 atom stereocenters. The highest BCUT2D eigenvalue weighted by atomic mass is 16.6. The van der Waals surface area contributed by atoms with Crippen molar-refractivity contribution in [2.24, 2.45) is 5.92 Å². The molecule has 18 nitrogen and oxygen atoms in total. The summed E-state index contributed by atoms with van der Waals surface area (Å²) >= 11 is 0. The van der Waals surface area contributed by atoms with E-state index in [4.69, 9.17) is 28.4 Å². The van der Waals surface area contributed by atoms with Gasteiger partial charge in [-0.15, -0.1) is 0 Å². The number of nitrogens with zero attached hydrogens (tertiary/aromatic N) is 6.